The molecule has 4 rings (SSSR count). The van der Waals surface area contributed by atoms with Crippen molar-refractivity contribution < 1.29 is 4.79 Å². The number of piperazine rings is 1. The molecule has 1 aromatic carbocycles. The van der Waals surface area contributed by atoms with E-state index in [0.717, 1.165) is 22.3 Å². The van der Waals surface area contributed by atoms with E-state index in [-0.39, 0.29) is 18.5 Å². The number of hydrogen-bond acceptors (Lipinski definition) is 8. The van der Waals surface area contributed by atoms with Crippen molar-refractivity contribution in [3.8, 4) is 0 Å². The predicted octanol–water partition coefficient (Wildman–Crippen LogP) is 2.25. The van der Waals surface area contributed by atoms with Gasteiger partial charge in [-0.1, -0.05) is 11.6 Å². The molecular formula is C20H23ClN8O. The molecule has 3 heterocycles. The Morgan fingerprint density at radius 3 is 2.83 bits per heavy atom. The third kappa shape index (κ3) is 4.20. The summed E-state index contributed by atoms with van der Waals surface area (Å²) in [7, 11) is 3.75. The van der Waals surface area contributed by atoms with Crippen LogP contribution in [0.15, 0.2) is 30.6 Å². The second-order valence-corrected chi connectivity index (χ2v) is 7.82. The third-order valence-corrected chi connectivity index (χ3v) is 5.13. The van der Waals surface area contributed by atoms with E-state index in [0.29, 0.717) is 30.0 Å². The summed E-state index contributed by atoms with van der Waals surface area (Å²) in [6, 6.07) is 7.49. The van der Waals surface area contributed by atoms with Crippen molar-refractivity contribution >= 4 is 46.1 Å². The maximum Gasteiger partial charge on any atom is 0.239 e. The molecule has 2 aromatic heterocycles. The SMILES string of the molecule is CC(Nc1ncnc(N(C)C)n1)c1cc2cc(Cl)ccc2nc1N1CCNC(=O)C1. The fraction of sp³-hybridized carbons (Fsp3) is 0.350. The number of benzene rings is 1. The minimum absolute atomic E-state index is 0.0149. The summed E-state index contributed by atoms with van der Waals surface area (Å²) in [6.45, 7) is 3.55. The van der Waals surface area contributed by atoms with Crippen LogP contribution in [0.5, 0.6) is 0 Å². The molecule has 1 atom stereocenters. The van der Waals surface area contributed by atoms with E-state index < -0.39 is 0 Å². The van der Waals surface area contributed by atoms with Gasteiger partial charge in [0, 0.05) is 43.2 Å². The number of fused-ring (bicyclic) bond motifs is 1. The zero-order valence-electron chi connectivity index (χ0n) is 17.1. The Labute approximate surface area is 179 Å². The van der Waals surface area contributed by atoms with Crippen molar-refractivity contribution in [1.29, 1.82) is 0 Å². The van der Waals surface area contributed by atoms with Crippen LogP contribution in [0.2, 0.25) is 5.02 Å². The standard InChI is InChI=1S/C20H23ClN8O/c1-12(25-19-23-11-24-20(27-19)28(2)3)15-9-13-8-14(21)4-5-16(13)26-18(15)29-7-6-22-17(30)10-29/h4-5,8-9,11-12H,6-7,10H2,1-3H3,(H,22,30)(H,23,24,25,27). The second kappa shape index (κ2) is 8.27. The van der Waals surface area contributed by atoms with Crippen LogP contribution >= 0.6 is 11.6 Å². The zero-order chi connectivity index (χ0) is 21.3. The molecule has 3 aromatic rings. The molecule has 0 aliphatic carbocycles. The summed E-state index contributed by atoms with van der Waals surface area (Å²) in [5.41, 5.74) is 1.76. The first-order valence-corrected chi connectivity index (χ1v) is 10.0. The maximum absolute atomic E-state index is 12.0. The molecule has 1 amide bonds. The first kappa shape index (κ1) is 20.1. The summed E-state index contributed by atoms with van der Waals surface area (Å²) in [5, 5.41) is 7.77. The third-order valence-electron chi connectivity index (χ3n) is 4.89. The molecule has 0 radical (unpaired) electrons. The van der Waals surface area contributed by atoms with Gasteiger partial charge in [0.05, 0.1) is 18.1 Å². The van der Waals surface area contributed by atoms with Crippen LogP contribution in [0, 0.1) is 0 Å². The van der Waals surface area contributed by atoms with E-state index in [2.05, 4.69) is 31.7 Å². The summed E-state index contributed by atoms with van der Waals surface area (Å²) in [6.07, 6.45) is 1.48. The number of nitrogens with zero attached hydrogens (tertiary/aromatic N) is 6. The van der Waals surface area contributed by atoms with E-state index in [4.69, 9.17) is 16.6 Å². The Bertz CT molecular complexity index is 1090. The lowest BCUT2D eigenvalue weighted by Crippen LogP contribution is -2.48. The van der Waals surface area contributed by atoms with E-state index in [9.17, 15) is 4.79 Å². The number of amides is 1. The molecule has 30 heavy (non-hydrogen) atoms. The number of aromatic nitrogens is 4. The predicted molar refractivity (Wildman–Crippen MR) is 118 cm³/mol. The van der Waals surface area contributed by atoms with Crippen LogP contribution in [-0.4, -0.2) is 59.6 Å². The van der Waals surface area contributed by atoms with Gasteiger partial charge in [-0.05, 0) is 31.2 Å². The van der Waals surface area contributed by atoms with Crippen LogP contribution in [0.1, 0.15) is 18.5 Å². The monoisotopic (exact) mass is 426 g/mol. The van der Waals surface area contributed by atoms with E-state index in [1.54, 1.807) is 0 Å². The van der Waals surface area contributed by atoms with Crippen LogP contribution in [-0.2, 0) is 4.79 Å². The molecule has 0 saturated carbocycles. The lowest BCUT2D eigenvalue weighted by Gasteiger charge is -2.31. The zero-order valence-corrected chi connectivity index (χ0v) is 17.8. The largest absolute Gasteiger partial charge is 0.353 e. The van der Waals surface area contributed by atoms with Crippen molar-refractivity contribution in [1.82, 2.24) is 25.3 Å². The molecule has 1 saturated heterocycles. The molecule has 2 N–H and O–H groups in total. The first-order chi connectivity index (χ1) is 14.4. The number of pyridine rings is 1. The molecule has 0 bridgehead atoms. The van der Waals surface area contributed by atoms with Crippen LogP contribution in [0.3, 0.4) is 0 Å². The first-order valence-electron chi connectivity index (χ1n) is 9.65. The second-order valence-electron chi connectivity index (χ2n) is 7.38. The normalized spacial score (nSPS) is 15.1. The van der Waals surface area contributed by atoms with E-state index >= 15 is 0 Å². The summed E-state index contributed by atoms with van der Waals surface area (Å²) < 4.78 is 0. The van der Waals surface area contributed by atoms with Crippen LogP contribution < -0.4 is 20.4 Å². The minimum atomic E-state index is -0.168. The topological polar surface area (TPSA) is 99.2 Å². The fourth-order valence-corrected chi connectivity index (χ4v) is 3.57. The molecule has 10 heteroatoms. The number of halogens is 1. The molecule has 1 aliphatic rings. The number of nitrogens with one attached hydrogen (secondary N) is 2. The van der Waals surface area contributed by atoms with Gasteiger partial charge >= 0.3 is 0 Å². The van der Waals surface area contributed by atoms with Gasteiger partial charge < -0.3 is 20.4 Å². The highest BCUT2D eigenvalue weighted by Gasteiger charge is 2.24. The van der Waals surface area contributed by atoms with Crippen LogP contribution in [0.25, 0.3) is 10.9 Å². The number of hydrogen-bond donors (Lipinski definition) is 2. The molecule has 0 spiro atoms. The van der Waals surface area contributed by atoms with Crippen molar-refractivity contribution in [2.75, 3.05) is 48.8 Å². The van der Waals surface area contributed by atoms with Gasteiger partial charge in [-0.15, -0.1) is 0 Å². The molecule has 1 unspecified atom stereocenters. The van der Waals surface area contributed by atoms with Gasteiger partial charge in [0.15, 0.2) is 0 Å². The van der Waals surface area contributed by atoms with Gasteiger partial charge in [-0.25, -0.2) is 15.0 Å². The van der Waals surface area contributed by atoms with Crippen LogP contribution in [0.4, 0.5) is 17.7 Å². The molecular weight excluding hydrogens is 404 g/mol. The Balaban J connectivity index is 1.74. The van der Waals surface area contributed by atoms with Gasteiger partial charge in [-0.3, -0.25) is 4.79 Å². The molecule has 1 aliphatic heterocycles. The van der Waals surface area contributed by atoms with Gasteiger partial charge in [-0.2, -0.15) is 4.98 Å². The van der Waals surface area contributed by atoms with Crippen molar-refractivity contribution in [2.45, 2.75) is 13.0 Å². The lowest BCUT2D eigenvalue weighted by molar-refractivity contribution is -0.120. The Morgan fingerprint density at radius 2 is 2.07 bits per heavy atom. The highest BCUT2D eigenvalue weighted by molar-refractivity contribution is 6.31. The Kier molecular flexibility index (Phi) is 5.54. The molecule has 9 nitrogen and oxygen atoms in total. The molecule has 156 valence electrons. The minimum Gasteiger partial charge on any atom is -0.353 e. The summed E-state index contributed by atoms with van der Waals surface area (Å²) >= 11 is 6.20. The quantitative estimate of drug-likeness (QED) is 0.640. The Morgan fingerprint density at radius 1 is 1.23 bits per heavy atom. The van der Waals surface area contributed by atoms with Gasteiger partial charge in [0.1, 0.15) is 12.1 Å². The van der Waals surface area contributed by atoms with Gasteiger partial charge in [0.2, 0.25) is 17.8 Å². The average molecular weight is 427 g/mol. The molecule has 1 fully saturated rings. The highest BCUT2D eigenvalue weighted by atomic mass is 35.5. The smallest absolute Gasteiger partial charge is 0.239 e. The number of carbonyl (C=O) groups is 1. The lowest BCUT2D eigenvalue weighted by atomic mass is 10.0. The number of rotatable bonds is 5. The number of anilines is 3. The van der Waals surface area contributed by atoms with Crippen molar-refractivity contribution in [3.05, 3.63) is 41.2 Å². The van der Waals surface area contributed by atoms with E-state index in [1.807, 2.05) is 49.0 Å². The fourth-order valence-electron chi connectivity index (χ4n) is 3.39. The average Bonchev–Trinajstić information content (AvgIpc) is 2.73. The maximum atomic E-state index is 12.0. The summed E-state index contributed by atoms with van der Waals surface area (Å²) in [5.74, 6) is 1.78. The Hall–Kier alpha value is -3.20. The van der Waals surface area contributed by atoms with Gasteiger partial charge in [0.25, 0.3) is 0 Å². The highest BCUT2D eigenvalue weighted by Crippen LogP contribution is 2.31. The van der Waals surface area contributed by atoms with E-state index in [1.165, 1.54) is 6.33 Å². The van der Waals surface area contributed by atoms with Crippen molar-refractivity contribution in [3.63, 3.8) is 0 Å². The summed E-state index contributed by atoms with van der Waals surface area (Å²) in [4.78, 5) is 33.5. The number of carbonyl (C=O) groups excluding carboxylic acids is 1. The van der Waals surface area contributed by atoms with Crippen molar-refractivity contribution in [2.24, 2.45) is 0 Å².